The summed E-state index contributed by atoms with van der Waals surface area (Å²) < 4.78 is 0. The molecule has 0 amide bonds. The van der Waals surface area contributed by atoms with Gasteiger partial charge in [-0.05, 0) is 37.5 Å². The average molecular weight is 337 g/mol. The summed E-state index contributed by atoms with van der Waals surface area (Å²) in [5, 5.41) is 4.51. The Balaban J connectivity index is 1.54. The van der Waals surface area contributed by atoms with E-state index < -0.39 is 0 Å². The molecule has 4 rings (SSSR count). The second kappa shape index (κ2) is 6.33. The largest absolute Gasteiger partial charge is 0.382 e. The van der Waals surface area contributed by atoms with Crippen molar-refractivity contribution in [3.63, 3.8) is 0 Å². The second-order valence-electron chi connectivity index (χ2n) is 6.88. The van der Waals surface area contributed by atoms with Gasteiger partial charge in [0.1, 0.15) is 17.8 Å². The number of nitrogens with one attached hydrogen (secondary N) is 2. The number of hydrogen-bond donors (Lipinski definition) is 3. The summed E-state index contributed by atoms with van der Waals surface area (Å²) in [6.45, 7) is 4.50. The van der Waals surface area contributed by atoms with E-state index in [1.165, 1.54) is 0 Å². The van der Waals surface area contributed by atoms with Gasteiger partial charge in [-0.2, -0.15) is 0 Å². The summed E-state index contributed by atoms with van der Waals surface area (Å²) in [6.07, 6.45) is 9.21. The predicted octanol–water partition coefficient (Wildman–Crippen LogP) is 2.07. The van der Waals surface area contributed by atoms with Crippen LogP contribution >= 0.6 is 0 Å². The third kappa shape index (κ3) is 3.15. The summed E-state index contributed by atoms with van der Waals surface area (Å²) in [6, 6.07) is 3.93. The molecule has 7 heteroatoms. The Morgan fingerprint density at radius 3 is 3.16 bits per heavy atom. The fourth-order valence-corrected chi connectivity index (χ4v) is 3.57. The third-order valence-corrected chi connectivity index (χ3v) is 4.86. The van der Waals surface area contributed by atoms with E-state index in [4.69, 9.17) is 5.73 Å². The molecular formula is C18H23N7. The van der Waals surface area contributed by atoms with Crippen LogP contribution < -0.4 is 16.0 Å². The number of nitrogens with two attached hydrogens (primary N) is 1. The molecule has 1 saturated heterocycles. The number of nitrogens with zero attached hydrogens (tertiary/aromatic N) is 4. The van der Waals surface area contributed by atoms with Gasteiger partial charge in [-0.15, -0.1) is 0 Å². The maximum Gasteiger partial charge on any atom is 0.143 e. The number of fused-ring (bicyclic) bond motifs is 1. The number of aromatic amines is 1. The number of aromatic nitrogens is 4. The molecule has 4 heterocycles. The Morgan fingerprint density at radius 2 is 2.32 bits per heavy atom. The van der Waals surface area contributed by atoms with E-state index in [0.29, 0.717) is 6.54 Å². The van der Waals surface area contributed by atoms with Crippen molar-refractivity contribution in [1.82, 2.24) is 19.9 Å². The number of H-pyrrole nitrogens is 1. The minimum absolute atomic E-state index is 0.310. The van der Waals surface area contributed by atoms with E-state index in [1.807, 2.05) is 24.5 Å². The second-order valence-corrected chi connectivity index (χ2v) is 6.88. The van der Waals surface area contributed by atoms with Crippen LogP contribution in [0.1, 0.15) is 18.4 Å². The molecular weight excluding hydrogens is 314 g/mol. The highest BCUT2D eigenvalue weighted by Crippen LogP contribution is 2.30. The maximum atomic E-state index is 6.72. The smallest absolute Gasteiger partial charge is 0.143 e. The van der Waals surface area contributed by atoms with Gasteiger partial charge in [0.15, 0.2) is 0 Å². The molecule has 0 aromatic carbocycles. The number of anilines is 2. The molecule has 25 heavy (non-hydrogen) atoms. The molecule has 1 aliphatic heterocycles. The minimum Gasteiger partial charge on any atom is -0.382 e. The molecule has 3 aromatic heterocycles. The summed E-state index contributed by atoms with van der Waals surface area (Å²) >= 11 is 0. The Labute approximate surface area is 146 Å². The van der Waals surface area contributed by atoms with Crippen molar-refractivity contribution in [1.29, 1.82) is 0 Å². The molecule has 130 valence electrons. The Morgan fingerprint density at radius 1 is 1.40 bits per heavy atom. The van der Waals surface area contributed by atoms with E-state index in [9.17, 15) is 0 Å². The summed E-state index contributed by atoms with van der Waals surface area (Å²) in [4.78, 5) is 18.5. The van der Waals surface area contributed by atoms with E-state index in [0.717, 1.165) is 54.0 Å². The first-order chi connectivity index (χ1) is 12.1. The van der Waals surface area contributed by atoms with E-state index in [2.05, 4.69) is 37.1 Å². The van der Waals surface area contributed by atoms with Crippen molar-refractivity contribution in [2.45, 2.75) is 25.3 Å². The van der Waals surface area contributed by atoms with Crippen LogP contribution in [-0.4, -0.2) is 45.1 Å². The Bertz CT molecular complexity index is 860. The van der Waals surface area contributed by atoms with Gasteiger partial charge < -0.3 is 20.9 Å². The van der Waals surface area contributed by atoms with Crippen LogP contribution in [0.25, 0.3) is 11.0 Å². The monoisotopic (exact) mass is 337 g/mol. The fourth-order valence-electron chi connectivity index (χ4n) is 3.57. The lowest BCUT2D eigenvalue weighted by molar-refractivity contribution is 0.360. The molecule has 7 nitrogen and oxygen atoms in total. The number of piperidine rings is 1. The molecule has 4 N–H and O–H groups in total. The zero-order valence-electron chi connectivity index (χ0n) is 14.4. The highest BCUT2D eigenvalue weighted by Gasteiger charge is 2.33. The van der Waals surface area contributed by atoms with Crippen LogP contribution in [0.5, 0.6) is 0 Å². The van der Waals surface area contributed by atoms with E-state index in [1.54, 1.807) is 12.5 Å². The van der Waals surface area contributed by atoms with Crippen molar-refractivity contribution in [2.24, 2.45) is 5.73 Å². The first-order valence-corrected chi connectivity index (χ1v) is 8.61. The van der Waals surface area contributed by atoms with Gasteiger partial charge in [0.05, 0.1) is 16.6 Å². The highest BCUT2D eigenvalue weighted by atomic mass is 15.2. The molecule has 0 radical (unpaired) electrons. The Kier molecular flexibility index (Phi) is 4.01. The van der Waals surface area contributed by atoms with Crippen LogP contribution in [0.15, 0.2) is 37.1 Å². The van der Waals surface area contributed by atoms with Gasteiger partial charge in [-0.25, -0.2) is 9.97 Å². The topological polar surface area (TPSA) is 95.8 Å². The summed E-state index contributed by atoms with van der Waals surface area (Å²) in [5.41, 5.74) is 9.44. The van der Waals surface area contributed by atoms with E-state index >= 15 is 0 Å². The van der Waals surface area contributed by atoms with Gasteiger partial charge in [0, 0.05) is 38.2 Å². The maximum absolute atomic E-state index is 6.72. The van der Waals surface area contributed by atoms with Crippen LogP contribution in [0.4, 0.5) is 11.5 Å². The zero-order valence-corrected chi connectivity index (χ0v) is 14.4. The van der Waals surface area contributed by atoms with Crippen molar-refractivity contribution in [2.75, 3.05) is 29.9 Å². The molecule has 0 aliphatic carbocycles. The van der Waals surface area contributed by atoms with E-state index in [-0.39, 0.29) is 5.54 Å². The number of hydrogen-bond acceptors (Lipinski definition) is 6. The zero-order chi connectivity index (χ0) is 17.3. The lowest BCUT2D eigenvalue weighted by Gasteiger charge is -2.41. The van der Waals surface area contributed by atoms with Gasteiger partial charge in [-0.1, -0.05) is 0 Å². The first kappa shape index (κ1) is 15.8. The van der Waals surface area contributed by atoms with Crippen molar-refractivity contribution in [3.05, 3.63) is 42.6 Å². The molecule has 1 atom stereocenters. The molecule has 3 aromatic rings. The quantitative estimate of drug-likeness (QED) is 0.674. The summed E-state index contributed by atoms with van der Waals surface area (Å²) in [7, 11) is 0. The van der Waals surface area contributed by atoms with Gasteiger partial charge >= 0.3 is 0 Å². The molecule has 1 fully saturated rings. The van der Waals surface area contributed by atoms with Gasteiger partial charge in [0.2, 0.25) is 0 Å². The standard InChI is InChI=1S/C18H23N7/c1-13-8-21-16-15(13)17(24-12-23-16)25-7-3-5-18(19,11-25)10-22-14-4-2-6-20-9-14/h2,4,6,8-9,12,22H,3,5,7,10-11,19H2,1H3,(H,21,23,24). The van der Waals surface area contributed by atoms with Crippen LogP contribution in [0.2, 0.25) is 0 Å². The van der Waals surface area contributed by atoms with Crippen molar-refractivity contribution in [3.8, 4) is 0 Å². The molecule has 0 saturated carbocycles. The average Bonchev–Trinajstić information content (AvgIpc) is 3.02. The predicted molar refractivity (Wildman–Crippen MR) is 99.7 cm³/mol. The molecule has 1 unspecified atom stereocenters. The SMILES string of the molecule is Cc1c[nH]c2ncnc(N3CCCC(N)(CNc4cccnc4)C3)c12. The van der Waals surface area contributed by atoms with Crippen molar-refractivity contribution >= 4 is 22.5 Å². The first-order valence-electron chi connectivity index (χ1n) is 8.61. The molecule has 0 bridgehead atoms. The highest BCUT2D eigenvalue weighted by molar-refractivity contribution is 5.90. The van der Waals surface area contributed by atoms with Gasteiger partial charge in [0.25, 0.3) is 0 Å². The number of pyridine rings is 1. The normalized spacial score (nSPS) is 20.8. The Hall–Kier alpha value is -2.67. The summed E-state index contributed by atoms with van der Waals surface area (Å²) in [5.74, 6) is 0.972. The van der Waals surface area contributed by atoms with Crippen LogP contribution in [0.3, 0.4) is 0 Å². The van der Waals surface area contributed by atoms with Crippen molar-refractivity contribution < 1.29 is 0 Å². The lowest BCUT2D eigenvalue weighted by atomic mass is 9.89. The van der Waals surface area contributed by atoms with Gasteiger partial charge in [-0.3, -0.25) is 4.98 Å². The number of rotatable bonds is 4. The lowest BCUT2D eigenvalue weighted by Crippen LogP contribution is -2.58. The fraction of sp³-hybridized carbons (Fsp3) is 0.389. The number of aryl methyl sites for hydroxylation is 1. The molecule has 1 aliphatic rings. The minimum atomic E-state index is -0.310. The van der Waals surface area contributed by atoms with Crippen LogP contribution in [0, 0.1) is 6.92 Å². The third-order valence-electron chi connectivity index (χ3n) is 4.86. The van der Waals surface area contributed by atoms with Crippen LogP contribution in [-0.2, 0) is 0 Å². The molecule has 0 spiro atoms.